The molecule has 0 aliphatic heterocycles. The van der Waals surface area contributed by atoms with E-state index in [0.717, 1.165) is 18.0 Å². The number of rotatable bonds is 5. The smallest absolute Gasteiger partial charge is 0.0580 e. The summed E-state index contributed by atoms with van der Waals surface area (Å²) in [6.07, 6.45) is 1.11. The van der Waals surface area contributed by atoms with E-state index in [1.807, 2.05) is 6.07 Å². The molecule has 1 nitrogen and oxygen atoms in total. The Morgan fingerprint density at radius 2 is 1.76 bits per heavy atom. The SMILES string of the molecule is CCCNC(c1cc(C)cc(Cl)c1)c1cc(C)ccc1C. The van der Waals surface area contributed by atoms with Crippen molar-refractivity contribution in [2.75, 3.05) is 6.54 Å². The van der Waals surface area contributed by atoms with Crippen LogP contribution in [0.1, 0.15) is 47.2 Å². The lowest BCUT2D eigenvalue weighted by atomic mass is 9.92. The van der Waals surface area contributed by atoms with E-state index in [2.05, 4.69) is 63.3 Å². The summed E-state index contributed by atoms with van der Waals surface area (Å²) >= 11 is 6.26. The molecule has 1 unspecified atom stereocenters. The number of halogens is 1. The van der Waals surface area contributed by atoms with Crippen molar-refractivity contribution in [3.63, 3.8) is 0 Å². The first kappa shape index (κ1) is 16.1. The Morgan fingerprint density at radius 3 is 2.43 bits per heavy atom. The molecule has 21 heavy (non-hydrogen) atoms. The molecule has 1 N–H and O–H groups in total. The summed E-state index contributed by atoms with van der Waals surface area (Å²) < 4.78 is 0. The van der Waals surface area contributed by atoms with Gasteiger partial charge in [0.05, 0.1) is 6.04 Å². The maximum absolute atomic E-state index is 6.26. The van der Waals surface area contributed by atoms with E-state index in [-0.39, 0.29) is 6.04 Å². The zero-order valence-electron chi connectivity index (χ0n) is 13.3. The quantitative estimate of drug-likeness (QED) is 0.784. The predicted octanol–water partition coefficient (Wildman–Crippen LogP) is 5.35. The van der Waals surface area contributed by atoms with Gasteiger partial charge in [-0.25, -0.2) is 0 Å². The Balaban J connectivity index is 2.49. The van der Waals surface area contributed by atoms with Crippen molar-refractivity contribution in [3.05, 3.63) is 69.2 Å². The van der Waals surface area contributed by atoms with Gasteiger partial charge in [-0.3, -0.25) is 0 Å². The Hall–Kier alpha value is -1.31. The van der Waals surface area contributed by atoms with Crippen LogP contribution < -0.4 is 5.32 Å². The maximum Gasteiger partial charge on any atom is 0.0580 e. The molecule has 0 amide bonds. The summed E-state index contributed by atoms with van der Waals surface area (Å²) in [5, 5.41) is 4.47. The number of hydrogen-bond donors (Lipinski definition) is 1. The van der Waals surface area contributed by atoms with Crippen LogP contribution in [0, 0.1) is 20.8 Å². The topological polar surface area (TPSA) is 12.0 Å². The number of aryl methyl sites for hydroxylation is 3. The minimum atomic E-state index is 0.197. The fraction of sp³-hybridized carbons (Fsp3) is 0.368. The van der Waals surface area contributed by atoms with Gasteiger partial charge in [-0.15, -0.1) is 0 Å². The van der Waals surface area contributed by atoms with Crippen molar-refractivity contribution in [2.24, 2.45) is 0 Å². The van der Waals surface area contributed by atoms with E-state index >= 15 is 0 Å². The molecule has 0 spiro atoms. The Kier molecular flexibility index (Phi) is 5.44. The molecular formula is C19H24ClN. The molecule has 0 radical (unpaired) electrons. The predicted molar refractivity (Wildman–Crippen MR) is 92.2 cm³/mol. The van der Waals surface area contributed by atoms with Crippen molar-refractivity contribution in [1.29, 1.82) is 0 Å². The summed E-state index contributed by atoms with van der Waals surface area (Å²) in [6, 6.07) is 13.1. The van der Waals surface area contributed by atoms with Gasteiger partial charge in [0.1, 0.15) is 0 Å². The van der Waals surface area contributed by atoms with E-state index < -0.39 is 0 Å². The second-order valence-electron chi connectivity index (χ2n) is 5.81. The average Bonchev–Trinajstić information content (AvgIpc) is 2.42. The first-order valence-corrected chi connectivity index (χ1v) is 7.96. The van der Waals surface area contributed by atoms with Crippen molar-refractivity contribution in [2.45, 2.75) is 40.2 Å². The molecule has 0 aromatic heterocycles. The van der Waals surface area contributed by atoms with E-state index in [1.165, 1.54) is 27.8 Å². The minimum Gasteiger partial charge on any atom is -0.306 e. The normalized spacial score (nSPS) is 12.4. The van der Waals surface area contributed by atoms with Crippen LogP contribution in [0.5, 0.6) is 0 Å². The van der Waals surface area contributed by atoms with Crippen LogP contribution >= 0.6 is 11.6 Å². The summed E-state index contributed by atoms with van der Waals surface area (Å²) in [6.45, 7) is 9.59. The third-order valence-corrected chi connectivity index (χ3v) is 3.96. The highest BCUT2D eigenvalue weighted by Crippen LogP contribution is 2.28. The third-order valence-electron chi connectivity index (χ3n) is 3.74. The molecule has 0 bridgehead atoms. The first-order valence-electron chi connectivity index (χ1n) is 7.59. The Labute approximate surface area is 133 Å². The van der Waals surface area contributed by atoms with E-state index in [0.29, 0.717) is 0 Å². The van der Waals surface area contributed by atoms with Crippen LogP contribution in [0.4, 0.5) is 0 Å². The average molecular weight is 302 g/mol. The van der Waals surface area contributed by atoms with E-state index in [9.17, 15) is 0 Å². The van der Waals surface area contributed by atoms with Crippen LogP contribution in [0.3, 0.4) is 0 Å². The lowest BCUT2D eigenvalue weighted by Crippen LogP contribution is -2.24. The zero-order valence-corrected chi connectivity index (χ0v) is 14.1. The minimum absolute atomic E-state index is 0.197. The van der Waals surface area contributed by atoms with Gasteiger partial charge in [0.2, 0.25) is 0 Å². The highest BCUT2D eigenvalue weighted by Gasteiger charge is 2.16. The third kappa shape index (κ3) is 4.09. The van der Waals surface area contributed by atoms with Gasteiger partial charge in [0.15, 0.2) is 0 Å². The number of hydrogen-bond acceptors (Lipinski definition) is 1. The molecule has 112 valence electrons. The lowest BCUT2D eigenvalue weighted by Gasteiger charge is -2.23. The van der Waals surface area contributed by atoms with Crippen molar-refractivity contribution < 1.29 is 0 Å². The second kappa shape index (κ2) is 7.11. The lowest BCUT2D eigenvalue weighted by molar-refractivity contribution is 0.596. The van der Waals surface area contributed by atoms with Gasteiger partial charge in [-0.1, -0.05) is 48.4 Å². The fourth-order valence-corrected chi connectivity index (χ4v) is 3.00. The number of benzene rings is 2. The van der Waals surface area contributed by atoms with Gasteiger partial charge >= 0.3 is 0 Å². The van der Waals surface area contributed by atoms with Crippen LogP contribution in [-0.2, 0) is 0 Å². The molecule has 2 rings (SSSR count). The standard InChI is InChI=1S/C19H24ClN/c1-5-8-21-19(16-9-14(3)10-17(20)12-16)18-11-13(2)6-7-15(18)4/h6-7,9-12,19,21H,5,8H2,1-4H3. The molecule has 2 heteroatoms. The van der Waals surface area contributed by atoms with Crippen LogP contribution in [0.25, 0.3) is 0 Å². The molecular weight excluding hydrogens is 278 g/mol. The van der Waals surface area contributed by atoms with Crippen molar-refractivity contribution in [3.8, 4) is 0 Å². The van der Waals surface area contributed by atoms with Gasteiger partial charge in [-0.2, -0.15) is 0 Å². The van der Waals surface area contributed by atoms with Crippen molar-refractivity contribution >= 4 is 11.6 Å². The molecule has 0 fully saturated rings. The molecule has 1 atom stereocenters. The van der Waals surface area contributed by atoms with Crippen LogP contribution in [0.2, 0.25) is 5.02 Å². The first-order chi connectivity index (χ1) is 10.0. The molecule has 0 aliphatic carbocycles. The van der Waals surface area contributed by atoms with Gasteiger partial charge in [-0.05, 0) is 68.1 Å². The van der Waals surface area contributed by atoms with Gasteiger partial charge < -0.3 is 5.32 Å². The van der Waals surface area contributed by atoms with E-state index in [4.69, 9.17) is 11.6 Å². The molecule has 0 heterocycles. The largest absolute Gasteiger partial charge is 0.306 e. The summed E-state index contributed by atoms with van der Waals surface area (Å²) in [5.41, 5.74) is 6.38. The molecule has 2 aromatic carbocycles. The molecule has 2 aromatic rings. The fourth-order valence-electron chi connectivity index (χ4n) is 2.70. The van der Waals surface area contributed by atoms with Gasteiger partial charge in [0.25, 0.3) is 0 Å². The summed E-state index contributed by atoms with van der Waals surface area (Å²) in [7, 11) is 0. The van der Waals surface area contributed by atoms with Crippen molar-refractivity contribution in [1.82, 2.24) is 5.32 Å². The monoisotopic (exact) mass is 301 g/mol. The zero-order chi connectivity index (χ0) is 15.4. The highest BCUT2D eigenvalue weighted by atomic mass is 35.5. The van der Waals surface area contributed by atoms with Crippen LogP contribution in [0.15, 0.2) is 36.4 Å². The number of nitrogens with one attached hydrogen (secondary N) is 1. The molecule has 0 aliphatic rings. The van der Waals surface area contributed by atoms with Crippen LogP contribution in [-0.4, -0.2) is 6.54 Å². The molecule has 0 saturated heterocycles. The second-order valence-corrected chi connectivity index (χ2v) is 6.25. The molecule has 0 saturated carbocycles. The Bertz CT molecular complexity index is 599. The summed E-state index contributed by atoms with van der Waals surface area (Å²) in [5.74, 6) is 0. The highest BCUT2D eigenvalue weighted by molar-refractivity contribution is 6.30. The maximum atomic E-state index is 6.26. The van der Waals surface area contributed by atoms with E-state index in [1.54, 1.807) is 0 Å². The van der Waals surface area contributed by atoms with Gasteiger partial charge in [0, 0.05) is 5.02 Å². The Morgan fingerprint density at radius 1 is 1.00 bits per heavy atom. The summed E-state index contributed by atoms with van der Waals surface area (Å²) in [4.78, 5) is 0.